The number of ether oxygens (including phenoxy) is 1. The van der Waals surface area contributed by atoms with E-state index >= 15 is 0 Å². The highest BCUT2D eigenvalue weighted by atomic mass is 16.5. The zero-order chi connectivity index (χ0) is 19.5. The van der Waals surface area contributed by atoms with E-state index in [1.54, 1.807) is 12.4 Å². The zero-order valence-corrected chi connectivity index (χ0v) is 16.4. The van der Waals surface area contributed by atoms with Gasteiger partial charge in [0.2, 0.25) is 5.91 Å². The van der Waals surface area contributed by atoms with Crippen molar-refractivity contribution in [3.63, 3.8) is 0 Å². The average Bonchev–Trinajstić information content (AvgIpc) is 2.73. The van der Waals surface area contributed by atoms with Gasteiger partial charge in [0.25, 0.3) is 0 Å². The van der Waals surface area contributed by atoms with Gasteiger partial charge in [-0.25, -0.2) is 9.97 Å². The van der Waals surface area contributed by atoms with Crippen molar-refractivity contribution in [1.82, 2.24) is 25.2 Å². The first-order valence-electron chi connectivity index (χ1n) is 9.69. The van der Waals surface area contributed by atoms with Crippen LogP contribution in [0.2, 0.25) is 0 Å². The number of nitrogens with one attached hydrogen (secondary N) is 1. The summed E-state index contributed by atoms with van der Waals surface area (Å²) < 4.78 is 5.69. The molecule has 4 rings (SSSR count). The zero-order valence-electron chi connectivity index (χ0n) is 16.4. The molecule has 2 aliphatic heterocycles. The normalized spacial score (nSPS) is 19.2. The van der Waals surface area contributed by atoms with Gasteiger partial charge in [-0.3, -0.25) is 9.78 Å². The van der Waals surface area contributed by atoms with Crippen molar-refractivity contribution < 1.29 is 9.53 Å². The number of carbonyl (C=O) groups is 1. The Morgan fingerprint density at radius 1 is 1.32 bits per heavy atom. The molecule has 2 aliphatic rings. The van der Waals surface area contributed by atoms with Crippen LogP contribution in [0.1, 0.15) is 17.7 Å². The van der Waals surface area contributed by atoms with E-state index in [1.807, 2.05) is 36.0 Å². The predicted octanol–water partition coefficient (Wildman–Crippen LogP) is 0.868. The molecular weight excluding hydrogens is 356 g/mol. The summed E-state index contributed by atoms with van der Waals surface area (Å²) in [6.07, 6.45) is 4.60. The summed E-state index contributed by atoms with van der Waals surface area (Å²) in [5, 5.41) is 3.28. The summed E-state index contributed by atoms with van der Waals surface area (Å²) in [6, 6.07) is 3.81. The Kier molecular flexibility index (Phi) is 5.50. The molecule has 1 N–H and O–H groups in total. The Morgan fingerprint density at radius 2 is 2.14 bits per heavy atom. The lowest BCUT2D eigenvalue weighted by Gasteiger charge is -2.32. The second-order valence-corrected chi connectivity index (χ2v) is 7.39. The van der Waals surface area contributed by atoms with Crippen LogP contribution < -0.4 is 10.2 Å². The van der Waals surface area contributed by atoms with Crippen LogP contribution in [0.3, 0.4) is 0 Å². The van der Waals surface area contributed by atoms with Crippen LogP contribution in [0.25, 0.3) is 11.4 Å². The van der Waals surface area contributed by atoms with Gasteiger partial charge >= 0.3 is 0 Å². The van der Waals surface area contributed by atoms with E-state index in [0.29, 0.717) is 31.9 Å². The summed E-state index contributed by atoms with van der Waals surface area (Å²) in [5.41, 5.74) is 2.97. The number of fused-ring (bicyclic) bond motifs is 1. The van der Waals surface area contributed by atoms with E-state index in [1.165, 1.54) is 0 Å². The fourth-order valence-corrected chi connectivity index (χ4v) is 3.70. The predicted molar refractivity (Wildman–Crippen MR) is 106 cm³/mol. The first kappa shape index (κ1) is 18.8. The molecule has 1 saturated heterocycles. The van der Waals surface area contributed by atoms with Gasteiger partial charge in [0.15, 0.2) is 5.82 Å². The maximum Gasteiger partial charge on any atom is 0.225 e. The van der Waals surface area contributed by atoms with Crippen molar-refractivity contribution >= 4 is 11.7 Å². The van der Waals surface area contributed by atoms with E-state index in [-0.39, 0.29) is 12.0 Å². The van der Waals surface area contributed by atoms with E-state index in [4.69, 9.17) is 14.7 Å². The molecule has 0 bridgehead atoms. The molecule has 2 aromatic rings. The van der Waals surface area contributed by atoms with Gasteiger partial charge in [-0.1, -0.05) is 0 Å². The highest BCUT2D eigenvalue weighted by molar-refractivity contribution is 5.77. The Hall–Kier alpha value is -2.58. The quantitative estimate of drug-likeness (QED) is 0.840. The van der Waals surface area contributed by atoms with Crippen molar-refractivity contribution in [2.75, 3.05) is 45.2 Å². The lowest BCUT2D eigenvalue weighted by molar-refractivity contribution is -0.135. The lowest BCUT2D eigenvalue weighted by Crippen LogP contribution is -2.44. The van der Waals surface area contributed by atoms with Crippen LogP contribution in [0.4, 0.5) is 5.82 Å². The van der Waals surface area contributed by atoms with Crippen molar-refractivity contribution in [1.29, 1.82) is 0 Å². The molecule has 8 nitrogen and oxygen atoms in total. The maximum atomic E-state index is 12.8. The maximum absolute atomic E-state index is 12.8. The van der Waals surface area contributed by atoms with E-state index in [2.05, 4.69) is 10.3 Å². The molecule has 148 valence electrons. The third-order valence-corrected chi connectivity index (χ3v) is 5.16. The van der Waals surface area contributed by atoms with E-state index in [0.717, 1.165) is 42.1 Å². The number of morpholine rings is 1. The molecule has 2 aromatic heterocycles. The molecule has 0 aromatic carbocycles. The van der Waals surface area contributed by atoms with E-state index in [9.17, 15) is 4.79 Å². The number of nitrogens with zero attached hydrogens (tertiary/aromatic N) is 5. The molecular formula is C20H26N6O2. The number of anilines is 1. The molecule has 0 aliphatic carbocycles. The summed E-state index contributed by atoms with van der Waals surface area (Å²) >= 11 is 0. The molecule has 28 heavy (non-hydrogen) atoms. The van der Waals surface area contributed by atoms with Crippen LogP contribution in [-0.4, -0.2) is 72.2 Å². The number of aromatic nitrogens is 3. The van der Waals surface area contributed by atoms with Gasteiger partial charge in [0.1, 0.15) is 5.82 Å². The smallest absolute Gasteiger partial charge is 0.225 e. The fraction of sp³-hybridized carbons (Fsp3) is 0.500. The molecule has 0 unspecified atom stereocenters. The summed E-state index contributed by atoms with van der Waals surface area (Å²) in [4.78, 5) is 30.4. The van der Waals surface area contributed by atoms with Gasteiger partial charge < -0.3 is 19.9 Å². The van der Waals surface area contributed by atoms with E-state index < -0.39 is 0 Å². The monoisotopic (exact) mass is 382 g/mol. The minimum Gasteiger partial charge on any atom is -0.375 e. The third kappa shape index (κ3) is 3.98. The summed E-state index contributed by atoms with van der Waals surface area (Å²) in [6.45, 7) is 3.44. The Morgan fingerprint density at radius 3 is 2.86 bits per heavy atom. The second kappa shape index (κ2) is 8.20. The molecule has 0 saturated carbocycles. The number of hydrogen-bond acceptors (Lipinski definition) is 7. The average molecular weight is 382 g/mol. The van der Waals surface area contributed by atoms with Crippen LogP contribution in [-0.2, 0) is 22.5 Å². The van der Waals surface area contributed by atoms with Crippen LogP contribution >= 0.6 is 0 Å². The highest BCUT2D eigenvalue weighted by Gasteiger charge is 2.28. The highest BCUT2D eigenvalue weighted by Crippen LogP contribution is 2.28. The van der Waals surface area contributed by atoms with Gasteiger partial charge in [-0.05, 0) is 18.6 Å². The Bertz CT molecular complexity index is 836. The molecule has 1 atom stereocenters. The number of hydrogen-bond donors (Lipinski definition) is 1. The van der Waals surface area contributed by atoms with Crippen LogP contribution in [0, 0.1) is 0 Å². The molecule has 0 radical (unpaired) electrons. The number of amides is 1. The van der Waals surface area contributed by atoms with Gasteiger partial charge in [0.05, 0.1) is 31.4 Å². The van der Waals surface area contributed by atoms with Gasteiger partial charge in [-0.15, -0.1) is 0 Å². The fourth-order valence-electron chi connectivity index (χ4n) is 3.70. The third-order valence-electron chi connectivity index (χ3n) is 5.16. The minimum atomic E-state index is -0.0437. The standard InChI is InChI=1S/C20H26N6O2/c1-25(2)20-16-5-9-26(18(27)11-15-12-22-8-10-28-15)13-17(16)23-19(24-20)14-3-6-21-7-4-14/h3-4,6-7,15,22H,5,8-13H2,1-2H3/t15-/m1/s1. The number of rotatable bonds is 4. The molecule has 0 spiro atoms. The number of pyridine rings is 1. The SMILES string of the molecule is CN(C)c1nc(-c2ccncc2)nc2c1CCN(C(=O)C[C@@H]1CNCCO1)C2. The van der Waals surface area contributed by atoms with Crippen molar-refractivity contribution in [2.24, 2.45) is 0 Å². The largest absolute Gasteiger partial charge is 0.375 e. The molecule has 8 heteroatoms. The van der Waals surface area contributed by atoms with Crippen LogP contribution in [0.5, 0.6) is 0 Å². The van der Waals surface area contributed by atoms with Gasteiger partial charge in [0, 0.05) is 57.3 Å². The molecule has 1 amide bonds. The number of carbonyl (C=O) groups excluding carboxylic acids is 1. The lowest BCUT2D eigenvalue weighted by atomic mass is 10.0. The summed E-state index contributed by atoms with van der Waals surface area (Å²) in [7, 11) is 3.98. The summed E-state index contributed by atoms with van der Waals surface area (Å²) in [5.74, 6) is 1.71. The first-order valence-corrected chi connectivity index (χ1v) is 9.69. The van der Waals surface area contributed by atoms with Crippen molar-refractivity contribution in [2.45, 2.75) is 25.5 Å². The second-order valence-electron chi connectivity index (χ2n) is 7.39. The van der Waals surface area contributed by atoms with Crippen LogP contribution in [0.15, 0.2) is 24.5 Å². The molecule has 4 heterocycles. The topological polar surface area (TPSA) is 83.5 Å². The Labute approximate surface area is 164 Å². The van der Waals surface area contributed by atoms with Gasteiger partial charge in [-0.2, -0.15) is 0 Å². The Balaban J connectivity index is 1.58. The molecule has 1 fully saturated rings. The van der Waals surface area contributed by atoms with Crippen molar-refractivity contribution in [3.05, 3.63) is 35.8 Å². The van der Waals surface area contributed by atoms with Crippen molar-refractivity contribution in [3.8, 4) is 11.4 Å². The minimum absolute atomic E-state index is 0.0437. The first-order chi connectivity index (χ1) is 13.6.